The lowest BCUT2D eigenvalue weighted by Gasteiger charge is -2.23. The lowest BCUT2D eigenvalue weighted by Crippen LogP contribution is -2.28. The van der Waals surface area contributed by atoms with Gasteiger partial charge in [-0.05, 0) is 45.1 Å². The van der Waals surface area contributed by atoms with E-state index in [0.29, 0.717) is 0 Å². The van der Waals surface area contributed by atoms with Crippen LogP contribution in [0.5, 0.6) is 0 Å². The molecule has 0 bridgehead atoms. The van der Waals surface area contributed by atoms with E-state index in [1.165, 1.54) is 25.7 Å². The Morgan fingerprint density at radius 3 is 2.78 bits per heavy atom. The van der Waals surface area contributed by atoms with E-state index in [1.807, 2.05) is 0 Å². The van der Waals surface area contributed by atoms with Gasteiger partial charge in [0.05, 0.1) is 6.04 Å². The van der Waals surface area contributed by atoms with Crippen molar-refractivity contribution in [3.63, 3.8) is 0 Å². The summed E-state index contributed by atoms with van der Waals surface area (Å²) in [4.78, 5) is 4.59. The van der Waals surface area contributed by atoms with Gasteiger partial charge in [-0.1, -0.05) is 11.6 Å². The highest BCUT2D eigenvalue weighted by molar-refractivity contribution is 5.06. The quantitative estimate of drug-likeness (QED) is 0.893. The van der Waals surface area contributed by atoms with Crippen LogP contribution >= 0.6 is 0 Å². The average Bonchev–Trinajstić information content (AvgIpc) is 3.09. The van der Waals surface area contributed by atoms with Crippen molar-refractivity contribution in [2.45, 2.75) is 56.6 Å². The molecule has 2 fully saturated rings. The molecule has 5 heteroatoms. The minimum absolute atomic E-state index is 0.232. The largest absolute Gasteiger partial charge is 0.370 e. The second-order valence-corrected chi connectivity index (χ2v) is 5.36. The molecule has 0 amide bonds. The molecule has 1 aromatic rings. The highest BCUT2D eigenvalue weighted by Crippen LogP contribution is 2.40. The summed E-state index contributed by atoms with van der Waals surface area (Å²) in [5.41, 5.74) is -0.295. The molecule has 2 aliphatic rings. The molecule has 0 spiro atoms. The van der Waals surface area contributed by atoms with Crippen molar-refractivity contribution in [2.75, 3.05) is 13.7 Å². The third-order valence-corrected chi connectivity index (χ3v) is 4.26. The number of nitrogens with one attached hydrogen (secondary N) is 1. The second-order valence-electron chi connectivity index (χ2n) is 5.36. The molecule has 0 radical (unpaired) electrons. The first-order chi connectivity index (χ1) is 8.84. The molecular weight excluding hydrogens is 230 g/mol. The number of hydrogen-bond acceptors (Lipinski definition) is 5. The summed E-state index contributed by atoms with van der Waals surface area (Å²) in [6.45, 7) is 1.04. The third kappa shape index (κ3) is 2.06. The van der Waals surface area contributed by atoms with E-state index in [9.17, 15) is 0 Å². The minimum Gasteiger partial charge on any atom is -0.370 e. The van der Waals surface area contributed by atoms with Gasteiger partial charge in [0.25, 0.3) is 0 Å². The van der Waals surface area contributed by atoms with Crippen LogP contribution in [0.15, 0.2) is 4.52 Å². The predicted octanol–water partition coefficient (Wildman–Crippen LogP) is 2.30. The number of rotatable bonds is 3. The van der Waals surface area contributed by atoms with Gasteiger partial charge in [-0.15, -0.1) is 0 Å². The van der Waals surface area contributed by atoms with Gasteiger partial charge in [-0.3, -0.25) is 0 Å². The molecule has 1 aliphatic heterocycles. The molecule has 1 saturated carbocycles. The average molecular weight is 251 g/mol. The first-order valence-corrected chi connectivity index (χ1v) is 6.97. The molecular formula is C13H21N3O2. The van der Waals surface area contributed by atoms with Gasteiger partial charge in [-0.2, -0.15) is 4.98 Å². The SMILES string of the molecule is COC1(c2noc([C@@H]3CCCCN3)n2)CCCC1. The van der Waals surface area contributed by atoms with Crippen LogP contribution in [0.1, 0.15) is 62.7 Å². The molecule has 1 saturated heterocycles. The van der Waals surface area contributed by atoms with Crippen LogP contribution in [0, 0.1) is 0 Å². The van der Waals surface area contributed by atoms with Gasteiger partial charge in [0.15, 0.2) is 0 Å². The van der Waals surface area contributed by atoms with E-state index < -0.39 is 0 Å². The fraction of sp³-hybridized carbons (Fsp3) is 0.846. The van der Waals surface area contributed by atoms with Crippen molar-refractivity contribution < 1.29 is 9.26 Å². The Bertz CT molecular complexity index is 393. The highest BCUT2D eigenvalue weighted by Gasteiger charge is 2.40. The molecule has 5 nitrogen and oxygen atoms in total. The first-order valence-electron chi connectivity index (χ1n) is 6.97. The zero-order chi connectivity index (χ0) is 12.4. The highest BCUT2D eigenvalue weighted by atomic mass is 16.5. The fourth-order valence-electron chi connectivity index (χ4n) is 3.09. The Hall–Kier alpha value is -0.940. The van der Waals surface area contributed by atoms with Gasteiger partial charge in [0, 0.05) is 7.11 Å². The Morgan fingerprint density at radius 2 is 2.11 bits per heavy atom. The van der Waals surface area contributed by atoms with Gasteiger partial charge in [0.2, 0.25) is 11.7 Å². The standard InChI is InChI=1S/C13H21N3O2/c1-17-13(7-3-4-8-13)12-15-11(18-16-12)10-6-2-5-9-14-10/h10,14H,2-9H2,1H3/t10-/m0/s1. The van der Waals surface area contributed by atoms with Crippen LogP contribution in [-0.4, -0.2) is 23.8 Å². The number of piperidine rings is 1. The van der Waals surface area contributed by atoms with E-state index in [-0.39, 0.29) is 11.6 Å². The van der Waals surface area contributed by atoms with Crippen LogP contribution in [0.4, 0.5) is 0 Å². The molecule has 1 N–H and O–H groups in total. The summed E-state index contributed by atoms with van der Waals surface area (Å²) in [6, 6.07) is 0.232. The number of nitrogens with zero attached hydrogens (tertiary/aromatic N) is 2. The summed E-state index contributed by atoms with van der Waals surface area (Å²) < 4.78 is 11.1. The number of methoxy groups -OCH3 is 1. The summed E-state index contributed by atoms with van der Waals surface area (Å²) in [7, 11) is 1.75. The van der Waals surface area contributed by atoms with E-state index in [4.69, 9.17) is 9.26 Å². The maximum atomic E-state index is 5.68. The van der Waals surface area contributed by atoms with E-state index in [1.54, 1.807) is 7.11 Å². The van der Waals surface area contributed by atoms with E-state index >= 15 is 0 Å². The first kappa shape index (κ1) is 12.1. The molecule has 100 valence electrons. The Balaban J connectivity index is 1.79. The van der Waals surface area contributed by atoms with Crippen molar-refractivity contribution in [1.29, 1.82) is 0 Å². The van der Waals surface area contributed by atoms with Crippen LogP contribution in [0.3, 0.4) is 0 Å². The molecule has 0 unspecified atom stereocenters. The predicted molar refractivity (Wildman–Crippen MR) is 66.0 cm³/mol. The zero-order valence-corrected chi connectivity index (χ0v) is 10.9. The van der Waals surface area contributed by atoms with Gasteiger partial charge < -0.3 is 14.6 Å². The van der Waals surface area contributed by atoms with Crippen LogP contribution in [0.25, 0.3) is 0 Å². The zero-order valence-electron chi connectivity index (χ0n) is 10.9. The maximum absolute atomic E-state index is 5.68. The van der Waals surface area contributed by atoms with Crippen molar-refractivity contribution in [3.8, 4) is 0 Å². The Morgan fingerprint density at radius 1 is 1.28 bits per heavy atom. The molecule has 18 heavy (non-hydrogen) atoms. The van der Waals surface area contributed by atoms with E-state index in [0.717, 1.165) is 37.5 Å². The molecule has 3 rings (SSSR count). The third-order valence-electron chi connectivity index (χ3n) is 4.26. The normalized spacial score (nSPS) is 27.5. The Labute approximate surface area is 107 Å². The summed E-state index contributed by atoms with van der Waals surface area (Å²) in [5.74, 6) is 1.47. The Kier molecular flexibility index (Phi) is 3.35. The summed E-state index contributed by atoms with van der Waals surface area (Å²) >= 11 is 0. The van der Waals surface area contributed by atoms with Crippen LogP contribution < -0.4 is 5.32 Å². The lowest BCUT2D eigenvalue weighted by atomic mass is 10.0. The van der Waals surface area contributed by atoms with Crippen LogP contribution in [-0.2, 0) is 10.3 Å². The molecule has 1 atom stereocenters. The lowest BCUT2D eigenvalue weighted by molar-refractivity contribution is -0.0178. The molecule has 0 aromatic carbocycles. The van der Waals surface area contributed by atoms with Gasteiger partial charge >= 0.3 is 0 Å². The second kappa shape index (κ2) is 4.97. The molecule has 2 heterocycles. The van der Waals surface area contributed by atoms with Crippen molar-refractivity contribution in [2.24, 2.45) is 0 Å². The number of ether oxygens (including phenoxy) is 1. The van der Waals surface area contributed by atoms with Gasteiger partial charge in [0.1, 0.15) is 5.60 Å². The van der Waals surface area contributed by atoms with Gasteiger partial charge in [-0.25, -0.2) is 0 Å². The van der Waals surface area contributed by atoms with E-state index in [2.05, 4.69) is 15.5 Å². The molecule has 1 aliphatic carbocycles. The summed E-state index contributed by atoms with van der Waals surface area (Å²) in [6.07, 6.45) is 7.91. The fourth-order valence-corrected chi connectivity index (χ4v) is 3.09. The molecule has 1 aromatic heterocycles. The maximum Gasteiger partial charge on any atom is 0.243 e. The monoisotopic (exact) mass is 251 g/mol. The topological polar surface area (TPSA) is 60.2 Å². The van der Waals surface area contributed by atoms with Crippen molar-refractivity contribution in [1.82, 2.24) is 15.5 Å². The number of aromatic nitrogens is 2. The van der Waals surface area contributed by atoms with Crippen molar-refractivity contribution in [3.05, 3.63) is 11.7 Å². The smallest absolute Gasteiger partial charge is 0.243 e. The number of hydrogen-bond donors (Lipinski definition) is 1. The minimum atomic E-state index is -0.295. The summed E-state index contributed by atoms with van der Waals surface area (Å²) in [5, 5.41) is 7.60. The van der Waals surface area contributed by atoms with Crippen molar-refractivity contribution >= 4 is 0 Å². The van der Waals surface area contributed by atoms with Crippen LogP contribution in [0.2, 0.25) is 0 Å².